The third-order valence-corrected chi connectivity index (χ3v) is 6.72. The average molecular weight is 574 g/mol. The number of ether oxygens (including phenoxy) is 2. The largest absolute Gasteiger partial charge is 0.493 e. The number of nitrogens with one attached hydrogen (secondary N) is 2. The molecule has 0 bridgehead atoms. The predicted molar refractivity (Wildman–Crippen MR) is 163 cm³/mol. The maximum atomic E-state index is 12.0. The minimum absolute atomic E-state index is 0.0773. The van der Waals surface area contributed by atoms with Gasteiger partial charge in [0, 0.05) is 37.2 Å². The van der Waals surface area contributed by atoms with Crippen molar-refractivity contribution in [2.24, 2.45) is 10.7 Å². The van der Waals surface area contributed by atoms with Gasteiger partial charge in [-0.3, -0.25) is 19.9 Å². The number of amides is 2. The molecule has 0 radical (unpaired) electrons. The van der Waals surface area contributed by atoms with Gasteiger partial charge in [0.05, 0.1) is 20.6 Å². The molecule has 1 aromatic heterocycles. The van der Waals surface area contributed by atoms with Crippen LogP contribution in [0.3, 0.4) is 0 Å². The van der Waals surface area contributed by atoms with Crippen LogP contribution in [0.4, 0.5) is 0 Å². The van der Waals surface area contributed by atoms with E-state index in [1.54, 1.807) is 50.0 Å². The second kappa shape index (κ2) is 16.4. The second-order valence-corrected chi connectivity index (χ2v) is 9.72. The zero-order valence-electron chi connectivity index (χ0n) is 23.4. The van der Waals surface area contributed by atoms with Crippen molar-refractivity contribution in [2.75, 3.05) is 21.3 Å². The fourth-order valence-electron chi connectivity index (χ4n) is 3.79. The molecule has 0 spiro atoms. The van der Waals surface area contributed by atoms with E-state index < -0.39 is 0 Å². The van der Waals surface area contributed by atoms with Crippen LogP contribution in [-0.4, -0.2) is 44.0 Å². The summed E-state index contributed by atoms with van der Waals surface area (Å²) in [5, 5.41) is 8.41. The maximum Gasteiger partial charge on any atom is 0.231 e. The molecule has 2 amide bonds. The summed E-state index contributed by atoms with van der Waals surface area (Å²) in [5.74, 6) is 1.15. The normalized spacial score (nSPS) is 10.7. The first kappa shape index (κ1) is 30.8. The highest BCUT2D eigenvalue weighted by Gasteiger charge is 2.09. The van der Waals surface area contributed by atoms with Gasteiger partial charge in [-0.05, 0) is 41.3 Å². The fourth-order valence-corrected chi connectivity index (χ4v) is 4.43. The van der Waals surface area contributed by atoms with Crippen molar-refractivity contribution in [1.82, 2.24) is 15.6 Å². The molecular weight excluding hydrogens is 538 g/mol. The van der Waals surface area contributed by atoms with E-state index in [9.17, 15) is 9.59 Å². The predicted octanol–water partition coefficient (Wildman–Crippen LogP) is 4.37. The molecule has 214 valence electrons. The highest BCUT2D eigenvalue weighted by molar-refractivity contribution is 7.13. The first-order valence-electron chi connectivity index (χ1n) is 12.9. The molecular formula is C31H35N5O4S. The number of hydrogen-bond acceptors (Lipinski definition) is 7. The SMILES string of the molecule is CN=C(N)NC(=O)Cc1ccc(OC)c(OC)c1.O=C(CCc1ccccc1)NCc1cccc(-c2nccs2)c1. The van der Waals surface area contributed by atoms with Crippen LogP contribution in [0.2, 0.25) is 0 Å². The molecule has 41 heavy (non-hydrogen) atoms. The summed E-state index contributed by atoms with van der Waals surface area (Å²) in [7, 11) is 4.61. The topological polar surface area (TPSA) is 128 Å². The summed E-state index contributed by atoms with van der Waals surface area (Å²) in [4.78, 5) is 31.5. The van der Waals surface area contributed by atoms with E-state index in [0.717, 1.165) is 28.1 Å². The molecule has 3 aromatic carbocycles. The van der Waals surface area contributed by atoms with Crippen molar-refractivity contribution in [3.8, 4) is 22.1 Å². The van der Waals surface area contributed by atoms with E-state index in [-0.39, 0.29) is 24.2 Å². The molecule has 4 N–H and O–H groups in total. The number of carbonyl (C=O) groups excluding carboxylic acids is 2. The van der Waals surface area contributed by atoms with Gasteiger partial charge in [-0.25, -0.2) is 4.98 Å². The number of guanidine groups is 1. The van der Waals surface area contributed by atoms with Crippen LogP contribution in [0.1, 0.15) is 23.1 Å². The molecule has 0 unspecified atom stereocenters. The number of aryl methyl sites for hydroxylation is 1. The molecule has 0 fully saturated rings. The number of nitrogens with two attached hydrogens (primary N) is 1. The van der Waals surface area contributed by atoms with Crippen molar-refractivity contribution < 1.29 is 19.1 Å². The summed E-state index contributed by atoms with van der Waals surface area (Å²) in [6, 6.07) is 23.5. The Hall–Kier alpha value is -4.70. The lowest BCUT2D eigenvalue weighted by Crippen LogP contribution is -2.37. The van der Waals surface area contributed by atoms with Crippen LogP contribution >= 0.6 is 11.3 Å². The van der Waals surface area contributed by atoms with Crippen LogP contribution in [0.5, 0.6) is 11.5 Å². The number of nitrogens with zero attached hydrogens (tertiary/aromatic N) is 2. The Morgan fingerprint density at radius 3 is 2.34 bits per heavy atom. The number of hydrogen-bond donors (Lipinski definition) is 3. The molecule has 0 aliphatic heterocycles. The molecule has 0 atom stereocenters. The lowest BCUT2D eigenvalue weighted by atomic mass is 10.1. The lowest BCUT2D eigenvalue weighted by molar-refractivity contribution is -0.121. The monoisotopic (exact) mass is 573 g/mol. The number of methoxy groups -OCH3 is 2. The summed E-state index contributed by atoms with van der Waals surface area (Å²) >= 11 is 1.62. The highest BCUT2D eigenvalue weighted by Crippen LogP contribution is 2.27. The number of aliphatic imine (C=N–C) groups is 1. The molecule has 1 heterocycles. The number of carbonyl (C=O) groups is 2. The Bertz CT molecular complexity index is 1430. The van der Waals surface area contributed by atoms with Crippen molar-refractivity contribution in [3.05, 3.63) is 101 Å². The highest BCUT2D eigenvalue weighted by atomic mass is 32.1. The number of thiazole rings is 1. The quantitative estimate of drug-likeness (QED) is 0.191. The first-order chi connectivity index (χ1) is 19.9. The Balaban J connectivity index is 0.000000233. The molecule has 0 aliphatic rings. The molecule has 4 aromatic rings. The molecule has 9 nitrogen and oxygen atoms in total. The van der Waals surface area contributed by atoms with Crippen molar-refractivity contribution in [2.45, 2.75) is 25.8 Å². The standard InChI is InChI=1S/C19H18N2OS.C12H17N3O3/c22-18(10-9-15-5-2-1-3-6-15)21-14-16-7-4-8-17(13-16)19-20-11-12-23-19;1-14-12(13)15-11(16)7-8-4-5-9(17-2)10(6-8)18-3/h1-8,11-13H,9-10,14H2,(H,21,22);4-6H,7H2,1-3H3,(H3,13,14,15,16). The van der Waals surface area contributed by atoms with Crippen LogP contribution in [0.15, 0.2) is 89.4 Å². The lowest BCUT2D eigenvalue weighted by Gasteiger charge is -2.09. The van der Waals surface area contributed by atoms with E-state index in [2.05, 4.69) is 26.7 Å². The average Bonchev–Trinajstić information content (AvgIpc) is 3.55. The third-order valence-electron chi connectivity index (χ3n) is 5.90. The van der Waals surface area contributed by atoms with E-state index in [4.69, 9.17) is 15.2 Å². The van der Waals surface area contributed by atoms with Gasteiger partial charge in [0.25, 0.3) is 0 Å². The van der Waals surface area contributed by atoms with Gasteiger partial charge in [-0.15, -0.1) is 11.3 Å². The zero-order valence-corrected chi connectivity index (χ0v) is 24.2. The van der Waals surface area contributed by atoms with Crippen molar-refractivity contribution >= 4 is 29.1 Å². The van der Waals surface area contributed by atoms with Gasteiger partial charge in [0.2, 0.25) is 11.8 Å². The maximum absolute atomic E-state index is 12.0. The summed E-state index contributed by atoms with van der Waals surface area (Å²) in [6.07, 6.45) is 3.27. The minimum Gasteiger partial charge on any atom is -0.493 e. The Morgan fingerprint density at radius 2 is 1.66 bits per heavy atom. The smallest absolute Gasteiger partial charge is 0.231 e. The third kappa shape index (κ3) is 10.4. The number of rotatable bonds is 10. The number of aromatic nitrogens is 1. The van der Waals surface area contributed by atoms with E-state index in [1.807, 2.05) is 53.9 Å². The molecule has 10 heteroatoms. The van der Waals surface area contributed by atoms with Crippen molar-refractivity contribution in [3.63, 3.8) is 0 Å². The van der Waals surface area contributed by atoms with Gasteiger partial charge in [-0.1, -0.05) is 54.6 Å². The Kier molecular flexibility index (Phi) is 12.3. The van der Waals surface area contributed by atoms with E-state index in [0.29, 0.717) is 24.5 Å². The summed E-state index contributed by atoms with van der Waals surface area (Å²) in [5.41, 5.74) is 9.57. The second-order valence-electron chi connectivity index (χ2n) is 8.82. The van der Waals surface area contributed by atoms with E-state index in [1.165, 1.54) is 12.6 Å². The Labute approximate surface area is 244 Å². The summed E-state index contributed by atoms with van der Waals surface area (Å²) < 4.78 is 10.3. The van der Waals surface area contributed by atoms with E-state index >= 15 is 0 Å². The van der Waals surface area contributed by atoms with Gasteiger partial charge < -0.3 is 20.5 Å². The van der Waals surface area contributed by atoms with Gasteiger partial charge in [0.1, 0.15) is 5.01 Å². The first-order valence-corrected chi connectivity index (χ1v) is 13.8. The molecule has 0 aliphatic carbocycles. The number of benzene rings is 3. The van der Waals surface area contributed by atoms with Crippen molar-refractivity contribution in [1.29, 1.82) is 0 Å². The van der Waals surface area contributed by atoms with Crippen LogP contribution in [0.25, 0.3) is 10.6 Å². The summed E-state index contributed by atoms with van der Waals surface area (Å²) in [6.45, 7) is 0.548. The van der Waals surface area contributed by atoms with Crippen LogP contribution in [-0.2, 0) is 29.0 Å². The van der Waals surface area contributed by atoms with Crippen LogP contribution < -0.4 is 25.8 Å². The Morgan fingerprint density at radius 1 is 0.902 bits per heavy atom. The zero-order chi connectivity index (χ0) is 29.5. The minimum atomic E-state index is -0.231. The molecule has 0 saturated heterocycles. The molecule has 4 rings (SSSR count). The van der Waals surface area contributed by atoms with Gasteiger partial charge in [0.15, 0.2) is 17.5 Å². The van der Waals surface area contributed by atoms with Gasteiger partial charge >= 0.3 is 0 Å². The van der Waals surface area contributed by atoms with Crippen LogP contribution in [0, 0.1) is 0 Å². The van der Waals surface area contributed by atoms with Gasteiger partial charge in [-0.2, -0.15) is 0 Å². The molecule has 0 saturated carbocycles. The fraction of sp³-hybridized carbons (Fsp3) is 0.226.